The van der Waals surface area contributed by atoms with E-state index in [0.717, 1.165) is 25.7 Å². The molecule has 0 aromatic heterocycles. The van der Waals surface area contributed by atoms with Gasteiger partial charge in [-0.05, 0) is 31.9 Å². The molecule has 5 nitrogen and oxygen atoms in total. The van der Waals surface area contributed by atoms with Crippen LogP contribution < -0.4 is 0 Å². The number of ether oxygens (including phenoxy) is 1. The predicted octanol–water partition coefficient (Wildman–Crippen LogP) is 4.04. The molecule has 0 heterocycles. The molecule has 24 heavy (non-hydrogen) atoms. The third-order valence-electron chi connectivity index (χ3n) is 4.35. The molecule has 0 saturated heterocycles. The smallest absolute Gasteiger partial charge is 0.339 e. The van der Waals surface area contributed by atoms with E-state index in [0.29, 0.717) is 0 Å². The normalized spacial score (nSPS) is 16.5. The summed E-state index contributed by atoms with van der Waals surface area (Å²) in [6.45, 7) is 1.54. The van der Waals surface area contributed by atoms with E-state index in [1.807, 2.05) is 0 Å². The number of likely N-dealkylation sites (N-methyl/N-ethyl adjacent to an activating group) is 1. The summed E-state index contributed by atoms with van der Waals surface area (Å²) < 4.78 is 5.23. The Morgan fingerprint density at radius 1 is 1.21 bits per heavy atom. The zero-order chi connectivity index (χ0) is 17.9. The fourth-order valence-electron chi connectivity index (χ4n) is 2.90. The summed E-state index contributed by atoms with van der Waals surface area (Å²) in [4.78, 5) is 26.3. The van der Waals surface area contributed by atoms with Gasteiger partial charge in [-0.15, -0.1) is 0 Å². The van der Waals surface area contributed by atoms with Crippen molar-refractivity contribution >= 4 is 35.1 Å². The van der Waals surface area contributed by atoms with Crippen LogP contribution in [0.4, 0.5) is 0 Å². The molecule has 0 spiro atoms. The second-order valence-corrected chi connectivity index (χ2v) is 6.89. The second-order valence-electron chi connectivity index (χ2n) is 6.08. The third kappa shape index (κ3) is 4.33. The molecule has 1 saturated carbocycles. The average molecular weight is 374 g/mol. The number of halogens is 2. The summed E-state index contributed by atoms with van der Waals surface area (Å²) in [5, 5.41) is 9.43. The highest BCUT2D eigenvalue weighted by Gasteiger charge is 2.28. The Hall–Kier alpha value is -1.46. The summed E-state index contributed by atoms with van der Waals surface area (Å²) >= 11 is 11.6. The molecule has 0 bridgehead atoms. The molecule has 1 aliphatic carbocycles. The number of carbonyl (C=O) groups is 2. The first-order valence-corrected chi connectivity index (χ1v) is 8.72. The number of phenols is 1. The first-order valence-electron chi connectivity index (χ1n) is 7.97. The average Bonchev–Trinajstić information content (AvgIpc) is 2.58. The topological polar surface area (TPSA) is 66.8 Å². The quantitative estimate of drug-likeness (QED) is 0.808. The lowest BCUT2D eigenvalue weighted by Gasteiger charge is -2.32. The van der Waals surface area contributed by atoms with Gasteiger partial charge in [0, 0.05) is 13.1 Å². The number of benzene rings is 1. The first-order chi connectivity index (χ1) is 11.3. The fourth-order valence-corrected chi connectivity index (χ4v) is 3.38. The zero-order valence-corrected chi connectivity index (χ0v) is 15.2. The lowest BCUT2D eigenvalue weighted by molar-refractivity contribution is -0.141. The van der Waals surface area contributed by atoms with Crippen molar-refractivity contribution in [2.24, 2.45) is 0 Å². The lowest BCUT2D eigenvalue weighted by atomic mass is 9.94. The van der Waals surface area contributed by atoms with Crippen molar-refractivity contribution in [3.63, 3.8) is 0 Å². The van der Waals surface area contributed by atoms with Crippen molar-refractivity contribution in [2.45, 2.75) is 51.2 Å². The molecule has 1 atom stereocenters. The maximum Gasteiger partial charge on any atom is 0.339 e. The van der Waals surface area contributed by atoms with E-state index in [9.17, 15) is 14.7 Å². The predicted molar refractivity (Wildman–Crippen MR) is 92.6 cm³/mol. The minimum atomic E-state index is -0.907. The number of hydrogen-bond acceptors (Lipinski definition) is 4. The second kappa shape index (κ2) is 8.08. The minimum Gasteiger partial charge on any atom is -0.505 e. The Kier molecular flexibility index (Phi) is 6.35. The van der Waals surface area contributed by atoms with Crippen LogP contribution in [0.15, 0.2) is 12.1 Å². The van der Waals surface area contributed by atoms with E-state index in [2.05, 4.69) is 0 Å². The van der Waals surface area contributed by atoms with Crippen LogP contribution in [0.1, 0.15) is 49.4 Å². The van der Waals surface area contributed by atoms with Crippen LogP contribution in [0.5, 0.6) is 5.75 Å². The Balaban J connectivity index is 2.01. The number of phenolic OH excluding ortho intramolecular Hbond substituents is 1. The standard InChI is InChI=1S/C17H21Cl2NO4/c1-10(16(22)20(2)12-6-4-3-5-7-12)24-17(23)11-8-13(18)15(21)14(19)9-11/h8-10,12,21H,3-7H2,1-2H3/t10-/m0/s1. The number of carbonyl (C=O) groups excluding carboxylic acids is 2. The van der Waals surface area contributed by atoms with Crippen LogP contribution in [-0.4, -0.2) is 41.1 Å². The van der Waals surface area contributed by atoms with Crippen molar-refractivity contribution in [1.29, 1.82) is 0 Å². The van der Waals surface area contributed by atoms with E-state index in [4.69, 9.17) is 27.9 Å². The molecule has 1 aliphatic rings. The summed E-state index contributed by atoms with van der Waals surface area (Å²) in [6.07, 6.45) is 4.47. The maximum absolute atomic E-state index is 12.5. The van der Waals surface area contributed by atoms with Gasteiger partial charge in [0.1, 0.15) is 0 Å². The van der Waals surface area contributed by atoms with Gasteiger partial charge < -0.3 is 14.7 Å². The van der Waals surface area contributed by atoms with Crippen molar-refractivity contribution in [3.8, 4) is 5.75 Å². The van der Waals surface area contributed by atoms with Gasteiger partial charge in [-0.2, -0.15) is 0 Å². The van der Waals surface area contributed by atoms with Crippen LogP contribution in [0.25, 0.3) is 0 Å². The van der Waals surface area contributed by atoms with Gasteiger partial charge in [-0.25, -0.2) is 4.79 Å². The van der Waals surface area contributed by atoms with Crippen molar-refractivity contribution < 1.29 is 19.4 Å². The zero-order valence-electron chi connectivity index (χ0n) is 13.7. The monoisotopic (exact) mass is 373 g/mol. The van der Waals surface area contributed by atoms with Crippen molar-refractivity contribution in [1.82, 2.24) is 4.90 Å². The summed E-state index contributed by atoms with van der Waals surface area (Å²) in [5.41, 5.74) is 0.0859. The molecule has 2 rings (SSSR count). The van der Waals surface area contributed by atoms with E-state index in [-0.39, 0.29) is 33.3 Å². The molecular weight excluding hydrogens is 353 g/mol. The SMILES string of the molecule is C[C@H](OC(=O)c1cc(Cl)c(O)c(Cl)c1)C(=O)N(C)C1CCCCC1. The number of amides is 1. The summed E-state index contributed by atoms with van der Waals surface area (Å²) in [5.74, 6) is -1.24. The Labute approximate surface area is 151 Å². The van der Waals surface area contributed by atoms with E-state index >= 15 is 0 Å². The number of nitrogens with zero attached hydrogens (tertiary/aromatic N) is 1. The summed E-state index contributed by atoms with van der Waals surface area (Å²) in [7, 11) is 1.75. The highest BCUT2D eigenvalue weighted by atomic mass is 35.5. The van der Waals surface area contributed by atoms with Gasteiger partial charge in [-0.1, -0.05) is 42.5 Å². The number of rotatable bonds is 4. The molecule has 132 valence electrons. The maximum atomic E-state index is 12.5. The highest BCUT2D eigenvalue weighted by molar-refractivity contribution is 6.37. The molecular formula is C17H21Cl2NO4. The number of aromatic hydroxyl groups is 1. The van der Waals surface area contributed by atoms with Crippen LogP contribution in [-0.2, 0) is 9.53 Å². The van der Waals surface area contributed by atoms with E-state index in [1.165, 1.54) is 18.6 Å². The Morgan fingerprint density at radius 2 is 1.75 bits per heavy atom. The first kappa shape index (κ1) is 18.9. The van der Waals surface area contributed by atoms with Crippen LogP contribution >= 0.6 is 23.2 Å². The largest absolute Gasteiger partial charge is 0.505 e. The molecule has 1 N–H and O–H groups in total. The summed E-state index contributed by atoms with van der Waals surface area (Å²) in [6, 6.07) is 2.71. The van der Waals surface area contributed by atoms with Crippen LogP contribution in [0.3, 0.4) is 0 Å². The Morgan fingerprint density at radius 3 is 2.29 bits per heavy atom. The Bertz CT molecular complexity index is 606. The molecule has 0 radical (unpaired) electrons. The molecule has 1 fully saturated rings. The van der Waals surface area contributed by atoms with Crippen LogP contribution in [0, 0.1) is 0 Å². The van der Waals surface area contributed by atoms with E-state index < -0.39 is 12.1 Å². The molecule has 1 aromatic rings. The number of hydrogen-bond donors (Lipinski definition) is 1. The van der Waals surface area contributed by atoms with Gasteiger partial charge in [0.25, 0.3) is 5.91 Å². The van der Waals surface area contributed by atoms with Gasteiger partial charge in [0.05, 0.1) is 15.6 Å². The van der Waals surface area contributed by atoms with E-state index in [1.54, 1.807) is 18.9 Å². The molecule has 0 unspecified atom stereocenters. The van der Waals surface area contributed by atoms with Gasteiger partial charge in [-0.3, -0.25) is 4.79 Å². The molecule has 0 aliphatic heterocycles. The number of esters is 1. The van der Waals surface area contributed by atoms with Crippen molar-refractivity contribution in [2.75, 3.05) is 7.05 Å². The minimum absolute atomic E-state index is 0.0484. The van der Waals surface area contributed by atoms with Gasteiger partial charge in [0.2, 0.25) is 0 Å². The third-order valence-corrected chi connectivity index (χ3v) is 4.93. The van der Waals surface area contributed by atoms with Crippen molar-refractivity contribution in [3.05, 3.63) is 27.7 Å². The van der Waals surface area contributed by atoms with Gasteiger partial charge >= 0.3 is 5.97 Å². The van der Waals surface area contributed by atoms with Crippen LogP contribution in [0.2, 0.25) is 10.0 Å². The molecule has 1 amide bonds. The van der Waals surface area contributed by atoms with Gasteiger partial charge in [0.15, 0.2) is 11.9 Å². The lowest BCUT2D eigenvalue weighted by Crippen LogP contribution is -2.44. The highest BCUT2D eigenvalue weighted by Crippen LogP contribution is 2.33. The molecule has 1 aromatic carbocycles. The fraction of sp³-hybridized carbons (Fsp3) is 0.529. The molecule has 7 heteroatoms.